The highest BCUT2D eigenvalue weighted by atomic mass is 16.5. The molecule has 7 heteroatoms. The van der Waals surface area contributed by atoms with E-state index < -0.39 is 5.97 Å². The topological polar surface area (TPSA) is 101 Å². The number of carboxylic acids is 1. The average Bonchev–Trinajstić information content (AvgIpc) is 2.99. The van der Waals surface area contributed by atoms with Crippen molar-refractivity contribution in [1.82, 2.24) is 15.6 Å². The summed E-state index contributed by atoms with van der Waals surface area (Å²) in [6.45, 7) is 2.53. The minimum absolute atomic E-state index is 0.0121. The van der Waals surface area contributed by atoms with Gasteiger partial charge in [0.1, 0.15) is 5.69 Å². The Hall–Kier alpha value is -2.15. The molecule has 1 fully saturated rings. The average molecular weight is 293 g/mol. The number of carbonyl (C=O) groups is 2. The molecule has 1 aliphatic rings. The summed E-state index contributed by atoms with van der Waals surface area (Å²) in [4.78, 5) is 26.0. The third-order valence-electron chi connectivity index (χ3n) is 3.36. The summed E-state index contributed by atoms with van der Waals surface area (Å²) in [6.07, 6.45) is 3.42. The lowest BCUT2D eigenvalue weighted by molar-refractivity contribution is 0.0690. The maximum Gasteiger partial charge on any atom is 0.354 e. The van der Waals surface area contributed by atoms with E-state index in [1.165, 1.54) is 12.3 Å². The van der Waals surface area contributed by atoms with Crippen LogP contribution in [0, 0.1) is 5.92 Å². The van der Waals surface area contributed by atoms with Crippen LogP contribution in [0.25, 0.3) is 0 Å². The molecule has 1 atom stereocenters. The number of carbonyl (C=O) groups excluding carboxylic acids is 1. The van der Waals surface area contributed by atoms with Crippen molar-refractivity contribution in [3.8, 4) is 0 Å². The minimum atomic E-state index is -1.07. The molecule has 0 spiro atoms. The molecule has 2 heterocycles. The molecule has 21 heavy (non-hydrogen) atoms. The standard InChI is InChI=1S/C14H19N3O4/c18-13(19)12-2-1-11(7-16-12)8-17-14(20)15-5-3-10-4-6-21-9-10/h1-2,7,10H,3-6,8-9H2,(H,18,19)(H2,15,17,20). The van der Waals surface area contributed by atoms with Gasteiger partial charge in [-0.1, -0.05) is 6.07 Å². The monoisotopic (exact) mass is 293 g/mol. The predicted molar refractivity (Wildman–Crippen MR) is 75.0 cm³/mol. The molecule has 3 N–H and O–H groups in total. The number of nitrogens with zero attached hydrogens (tertiary/aromatic N) is 1. The molecule has 2 rings (SSSR count). The Balaban J connectivity index is 1.64. The molecule has 1 saturated heterocycles. The summed E-state index contributed by atoms with van der Waals surface area (Å²) in [5.74, 6) is -0.527. The van der Waals surface area contributed by atoms with E-state index >= 15 is 0 Å². The first kappa shape index (κ1) is 15.2. The zero-order valence-electron chi connectivity index (χ0n) is 11.7. The molecular weight excluding hydrogens is 274 g/mol. The van der Waals surface area contributed by atoms with E-state index in [0.717, 1.165) is 31.6 Å². The fourth-order valence-corrected chi connectivity index (χ4v) is 2.10. The van der Waals surface area contributed by atoms with Crippen LogP contribution in [0.1, 0.15) is 28.9 Å². The van der Waals surface area contributed by atoms with Crippen LogP contribution in [0.15, 0.2) is 18.3 Å². The molecule has 7 nitrogen and oxygen atoms in total. The number of ether oxygens (including phenoxy) is 1. The number of nitrogens with one attached hydrogen (secondary N) is 2. The van der Waals surface area contributed by atoms with E-state index in [9.17, 15) is 9.59 Å². The van der Waals surface area contributed by atoms with E-state index in [4.69, 9.17) is 9.84 Å². The lowest BCUT2D eigenvalue weighted by Crippen LogP contribution is -2.36. The Bertz CT molecular complexity index is 483. The van der Waals surface area contributed by atoms with Crippen molar-refractivity contribution in [3.05, 3.63) is 29.6 Å². The highest BCUT2D eigenvalue weighted by Crippen LogP contribution is 2.14. The fourth-order valence-electron chi connectivity index (χ4n) is 2.10. The number of carboxylic acid groups (broad SMARTS) is 1. The zero-order valence-corrected chi connectivity index (χ0v) is 11.7. The number of aromatic nitrogens is 1. The van der Waals surface area contributed by atoms with Crippen molar-refractivity contribution in [2.45, 2.75) is 19.4 Å². The Morgan fingerprint density at radius 3 is 2.86 bits per heavy atom. The van der Waals surface area contributed by atoms with Crippen molar-refractivity contribution in [2.75, 3.05) is 19.8 Å². The molecule has 1 aliphatic heterocycles. The number of pyridine rings is 1. The molecule has 0 bridgehead atoms. The predicted octanol–water partition coefficient (Wildman–Crippen LogP) is 1.01. The second-order valence-electron chi connectivity index (χ2n) is 4.98. The van der Waals surface area contributed by atoms with Gasteiger partial charge >= 0.3 is 12.0 Å². The van der Waals surface area contributed by atoms with Gasteiger partial charge in [0, 0.05) is 32.5 Å². The van der Waals surface area contributed by atoms with Gasteiger partial charge in [0.15, 0.2) is 0 Å². The van der Waals surface area contributed by atoms with Gasteiger partial charge in [-0.25, -0.2) is 14.6 Å². The largest absolute Gasteiger partial charge is 0.477 e. The van der Waals surface area contributed by atoms with E-state index in [1.807, 2.05) is 0 Å². The maximum atomic E-state index is 11.6. The number of urea groups is 1. The highest BCUT2D eigenvalue weighted by molar-refractivity contribution is 5.85. The van der Waals surface area contributed by atoms with Crippen LogP contribution in [0.4, 0.5) is 4.79 Å². The smallest absolute Gasteiger partial charge is 0.354 e. The molecular formula is C14H19N3O4. The van der Waals surface area contributed by atoms with E-state index in [1.54, 1.807) is 6.07 Å². The van der Waals surface area contributed by atoms with Gasteiger partial charge in [-0.3, -0.25) is 0 Å². The van der Waals surface area contributed by atoms with Crippen molar-refractivity contribution >= 4 is 12.0 Å². The minimum Gasteiger partial charge on any atom is -0.477 e. The van der Waals surface area contributed by atoms with Gasteiger partial charge in [0.25, 0.3) is 0 Å². The van der Waals surface area contributed by atoms with Crippen LogP contribution in [0.5, 0.6) is 0 Å². The highest BCUT2D eigenvalue weighted by Gasteiger charge is 2.15. The van der Waals surface area contributed by atoms with Crippen LogP contribution in [0.3, 0.4) is 0 Å². The summed E-state index contributed by atoms with van der Waals surface area (Å²) in [5, 5.41) is 14.2. The van der Waals surface area contributed by atoms with E-state index in [2.05, 4.69) is 15.6 Å². The summed E-state index contributed by atoms with van der Waals surface area (Å²) in [7, 11) is 0. The van der Waals surface area contributed by atoms with Gasteiger partial charge < -0.3 is 20.5 Å². The SMILES string of the molecule is O=C(NCCC1CCOC1)NCc1ccc(C(=O)O)nc1. The van der Waals surface area contributed by atoms with Gasteiger partial charge in [-0.05, 0) is 30.4 Å². The summed E-state index contributed by atoms with van der Waals surface area (Å²) >= 11 is 0. The Morgan fingerprint density at radius 2 is 2.24 bits per heavy atom. The third kappa shape index (κ3) is 5.03. The summed E-state index contributed by atoms with van der Waals surface area (Å²) in [6, 6.07) is 2.81. The molecule has 114 valence electrons. The molecule has 0 saturated carbocycles. The number of amides is 2. The van der Waals surface area contributed by atoms with Crippen LogP contribution < -0.4 is 10.6 Å². The quantitative estimate of drug-likeness (QED) is 0.726. The van der Waals surface area contributed by atoms with Gasteiger partial charge in [0.05, 0.1) is 0 Å². The molecule has 0 aromatic carbocycles. The third-order valence-corrected chi connectivity index (χ3v) is 3.36. The molecule has 0 radical (unpaired) electrons. The first-order valence-electron chi connectivity index (χ1n) is 6.93. The van der Waals surface area contributed by atoms with Crippen LogP contribution >= 0.6 is 0 Å². The Morgan fingerprint density at radius 1 is 1.38 bits per heavy atom. The summed E-state index contributed by atoms with van der Waals surface area (Å²) < 4.78 is 5.27. The van der Waals surface area contributed by atoms with Crippen LogP contribution in [-0.4, -0.2) is 41.8 Å². The van der Waals surface area contributed by atoms with Gasteiger partial charge in [-0.2, -0.15) is 0 Å². The molecule has 2 amide bonds. The van der Waals surface area contributed by atoms with Gasteiger partial charge in [0.2, 0.25) is 0 Å². The van der Waals surface area contributed by atoms with Crippen molar-refractivity contribution in [2.24, 2.45) is 5.92 Å². The molecule has 1 unspecified atom stereocenters. The first-order chi connectivity index (χ1) is 10.1. The molecule has 1 aromatic rings. The first-order valence-corrected chi connectivity index (χ1v) is 6.93. The zero-order chi connectivity index (χ0) is 15.1. The Kier molecular flexibility index (Phi) is 5.51. The molecule has 1 aromatic heterocycles. The fraction of sp³-hybridized carbons (Fsp3) is 0.500. The number of aromatic carboxylic acids is 1. The second-order valence-corrected chi connectivity index (χ2v) is 4.98. The lowest BCUT2D eigenvalue weighted by Gasteiger charge is -2.10. The van der Waals surface area contributed by atoms with Crippen molar-refractivity contribution in [3.63, 3.8) is 0 Å². The number of hydrogen-bond donors (Lipinski definition) is 3. The number of rotatable bonds is 6. The van der Waals surface area contributed by atoms with Crippen molar-refractivity contribution in [1.29, 1.82) is 0 Å². The Labute approximate surface area is 122 Å². The molecule has 0 aliphatic carbocycles. The van der Waals surface area contributed by atoms with Gasteiger partial charge in [-0.15, -0.1) is 0 Å². The van der Waals surface area contributed by atoms with Crippen LogP contribution in [-0.2, 0) is 11.3 Å². The normalized spacial score (nSPS) is 17.4. The number of hydrogen-bond acceptors (Lipinski definition) is 4. The van der Waals surface area contributed by atoms with Crippen LogP contribution in [0.2, 0.25) is 0 Å². The van der Waals surface area contributed by atoms with Crippen molar-refractivity contribution < 1.29 is 19.4 Å². The maximum absolute atomic E-state index is 11.6. The lowest BCUT2D eigenvalue weighted by atomic mass is 10.1. The summed E-state index contributed by atoms with van der Waals surface area (Å²) in [5.41, 5.74) is 0.737. The van der Waals surface area contributed by atoms with E-state index in [0.29, 0.717) is 19.0 Å². The second kappa shape index (κ2) is 7.58. The van der Waals surface area contributed by atoms with E-state index in [-0.39, 0.29) is 11.7 Å².